The first-order valence-corrected chi connectivity index (χ1v) is 6.52. The maximum atomic E-state index is 12.9. The monoisotopic (exact) mass is 285 g/mol. The van der Waals surface area contributed by atoms with E-state index in [1.165, 1.54) is 19.1 Å². The lowest BCUT2D eigenvalue weighted by Gasteiger charge is -2.17. The van der Waals surface area contributed by atoms with Crippen molar-refractivity contribution in [2.75, 3.05) is 6.54 Å². The van der Waals surface area contributed by atoms with Gasteiger partial charge < -0.3 is 10.6 Å². The van der Waals surface area contributed by atoms with Gasteiger partial charge in [-0.05, 0) is 31.9 Å². The number of amides is 2. The van der Waals surface area contributed by atoms with Gasteiger partial charge in [0.2, 0.25) is 5.91 Å². The molecular formula is C13H17F2N3O2. The molecule has 1 atom stereocenters. The highest BCUT2D eigenvalue weighted by Gasteiger charge is 2.23. The third kappa shape index (κ3) is 3.15. The average Bonchev–Trinajstić information content (AvgIpc) is 2.66. The van der Waals surface area contributed by atoms with Crippen molar-refractivity contribution in [2.45, 2.75) is 38.8 Å². The molecule has 2 rings (SSSR count). The molecule has 0 saturated carbocycles. The lowest BCUT2D eigenvalue weighted by Crippen LogP contribution is -2.36. The summed E-state index contributed by atoms with van der Waals surface area (Å²) in [5, 5.41) is 5.42. The predicted molar refractivity (Wildman–Crippen MR) is 68.5 cm³/mol. The Kier molecular flexibility index (Phi) is 4.36. The Bertz CT molecular complexity index is 514. The smallest absolute Gasteiger partial charge is 0.319 e. The number of alkyl halides is 2. The van der Waals surface area contributed by atoms with Crippen molar-refractivity contribution in [1.82, 2.24) is 15.2 Å². The summed E-state index contributed by atoms with van der Waals surface area (Å²) < 4.78 is 26.5. The Balaban J connectivity index is 2.06. The first-order chi connectivity index (χ1) is 9.49. The molecule has 0 aromatic carbocycles. The Morgan fingerprint density at radius 2 is 2.20 bits per heavy atom. The largest absolute Gasteiger partial charge is 0.356 e. The lowest BCUT2D eigenvalue weighted by atomic mass is 10.1. The topological polar surface area (TPSA) is 63.1 Å². The Morgan fingerprint density at radius 1 is 1.45 bits per heavy atom. The van der Waals surface area contributed by atoms with Crippen LogP contribution in [-0.4, -0.2) is 29.0 Å². The van der Waals surface area contributed by atoms with E-state index in [-0.39, 0.29) is 17.6 Å². The summed E-state index contributed by atoms with van der Waals surface area (Å²) in [6.07, 6.45) is 1.46. The van der Waals surface area contributed by atoms with Crippen LogP contribution < -0.4 is 10.6 Å². The number of hydrogen-bond donors (Lipinski definition) is 2. The molecule has 1 aliphatic rings. The normalized spacial score (nSPS) is 19.6. The molecule has 0 bridgehead atoms. The van der Waals surface area contributed by atoms with E-state index in [0.717, 1.165) is 0 Å². The van der Waals surface area contributed by atoms with Crippen LogP contribution in [0.3, 0.4) is 0 Å². The van der Waals surface area contributed by atoms with E-state index in [4.69, 9.17) is 0 Å². The standard InChI is InChI=1S/C13H17F2N3O2/c1-8-2-4-10(18(8)13(14)15)12(20)17-9-3-5-11(19)16-7-6-9/h2,4,9,13H,3,5-7H2,1H3,(H,16,19)(H,17,20). The van der Waals surface area contributed by atoms with Gasteiger partial charge in [-0.3, -0.25) is 14.2 Å². The minimum absolute atomic E-state index is 0.0476. The fourth-order valence-corrected chi connectivity index (χ4v) is 2.32. The van der Waals surface area contributed by atoms with Crippen molar-refractivity contribution < 1.29 is 18.4 Å². The molecule has 1 aliphatic heterocycles. The molecule has 20 heavy (non-hydrogen) atoms. The fourth-order valence-electron chi connectivity index (χ4n) is 2.32. The van der Waals surface area contributed by atoms with Gasteiger partial charge in [-0.25, -0.2) is 0 Å². The van der Waals surface area contributed by atoms with Gasteiger partial charge in [0.25, 0.3) is 5.91 Å². The average molecular weight is 285 g/mol. The SMILES string of the molecule is Cc1ccc(C(=O)NC2CCNC(=O)CC2)n1C(F)F. The van der Waals surface area contributed by atoms with Crippen molar-refractivity contribution in [3.05, 3.63) is 23.5 Å². The van der Waals surface area contributed by atoms with Gasteiger partial charge in [-0.1, -0.05) is 0 Å². The molecule has 0 spiro atoms. The zero-order chi connectivity index (χ0) is 14.7. The van der Waals surface area contributed by atoms with Crippen LogP contribution in [0.5, 0.6) is 0 Å². The van der Waals surface area contributed by atoms with Crippen LogP contribution >= 0.6 is 0 Å². The van der Waals surface area contributed by atoms with Crippen LogP contribution in [0.2, 0.25) is 0 Å². The van der Waals surface area contributed by atoms with Crippen molar-refractivity contribution in [3.63, 3.8) is 0 Å². The number of carbonyl (C=O) groups excluding carboxylic acids is 2. The number of carbonyl (C=O) groups is 2. The highest BCUT2D eigenvalue weighted by molar-refractivity contribution is 5.93. The molecule has 2 heterocycles. The van der Waals surface area contributed by atoms with Crippen LogP contribution in [0, 0.1) is 6.92 Å². The van der Waals surface area contributed by atoms with Crippen molar-refractivity contribution in [2.24, 2.45) is 0 Å². The Hall–Kier alpha value is -1.92. The van der Waals surface area contributed by atoms with Gasteiger partial charge in [-0.2, -0.15) is 8.78 Å². The molecule has 7 heteroatoms. The Labute approximate surface area is 115 Å². The van der Waals surface area contributed by atoms with Crippen molar-refractivity contribution in [1.29, 1.82) is 0 Å². The van der Waals surface area contributed by atoms with Gasteiger partial charge in [-0.15, -0.1) is 0 Å². The lowest BCUT2D eigenvalue weighted by molar-refractivity contribution is -0.120. The summed E-state index contributed by atoms with van der Waals surface area (Å²) in [6, 6.07) is 2.69. The zero-order valence-corrected chi connectivity index (χ0v) is 11.2. The van der Waals surface area contributed by atoms with Crippen molar-refractivity contribution in [3.8, 4) is 0 Å². The molecule has 1 unspecified atom stereocenters. The number of nitrogens with zero attached hydrogens (tertiary/aromatic N) is 1. The highest BCUT2D eigenvalue weighted by Crippen LogP contribution is 2.19. The molecule has 0 aliphatic carbocycles. The molecule has 1 saturated heterocycles. The molecule has 1 aromatic rings. The summed E-state index contributed by atoms with van der Waals surface area (Å²) in [5.74, 6) is -0.578. The predicted octanol–water partition coefficient (Wildman–Crippen LogP) is 1.59. The number of halogens is 2. The third-order valence-corrected chi connectivity index (χ3v) is 3.42. The van der Waals surface area contributed by atoms with Crippen LogP contribution in [0.1, 0.15) is 42.0 Å². The molecular weight excluding hydrogens is 268 g/mol. The minimum atomic E-state index is -2.75. The van der Waals surface area contributed by atoms with Crippen LogP contribution in [0.25, 0.3) is 0 Å². The molecule has 2 N–H and O–H groups in total. The zero-order valence-electron chi connectivity index (χ0n) is 11.2. The molecule has 1 aromatic heterocycles. The van der Waals surface area contributed by atoms with Crippen LogP contribution in [0.15, 0.2) is 12.1 Å². The molecule has 110 valence electrons. The summed E-state index contributed by atoms with van der Waals surface area (Å²) >= 11 is 0. The first kappa shape index (κ1) is 14.5. The molecule has 5 nitrogen and oxygen atoms in total. The van der Waals surface area contributed by atoms with Gasteiger partial charge in [0.05, 0.1) is 0 Å². The van der Waals surface area contributed by atoms with E-state index >= 15 is 0 Å². The molecule has 1 fully saturated rings. The van der Waals surface area contributed by atoms with Gasteiger partial charge in [0.15, 0.2) is 0 Å². The third-order valence-electron chi connectivity index (χ3n) is 3.42. The summed E-state index contributed by atoms with van der Waals surface area (Å²) in [7, 11) is 0. The maximum absolute atomic E-state index is 12.9. The second kappa shape index (κ2) is 6.02. The Morgan fingerprint density at radius 3 is 2.90 bits per heavy atom. The summed E-state index contributed by atoms with van der Waals surface area (Å²) in [4.78, 5) is 23.3. The van der Waals surface area contributed by atoms with E-state index in [2.05, 4.69) is 10.6 Å². The maximum Gasteiger partial charge on any atom is 0.319 e. The van der Waals surface area contributed by atoms with Crippen molar-refractivity contribution >= 4 is 11.8 Å². The quantitative estimate of drug-likeness (QED) is 0.886. The number of aromatic nitrogens is 1. The van der Waals surface area contributed by atoms with E-state index in [9.17, 15) is 18.4 Å². The second-order valence-electron chi connectivity index (χ2n) is 4.86. The number of hydrogen-bond acceptors (Lipinski definition) is 2. The highest BCUT2D eigenvalue weighted by atomic mass is 19.3. The molecule has 2 amide bonds. The van der Waals surface area contributed by atoms with E-state index in [0.29, 0.717) is 36.1 Å². The fraction of sp³-hybridized carbons (Fsp3) is 0.538. The molecule has 0 radical (unpaired) electrons. The summed E-state index contributed by atoms with van der Waals surface area (Å²) in [6.45, 7) is -0.737. The number of aryl methyl sites for hydroxylation is 1. The van der Waals surface area contributed by atoms with E-state index < -0.39 is 12.5 Å². The van der Waals surface area contributed by atoms with Gasteiger partial charge in [0.1, 0.15) is 5.69 Å². The van der Waals surface area contributed by atoms with Gasteiger partial charge >= 0.3 is 6.55 Å². The summed E-state index contributed by atoms with van der Waals surface area (Å²) in [5.41, 5.74) is 0.281. The number of rotatable bonds is 3. The van der Waals surface area contributed by atoms with E-state index in [1.54, 1.807) is 0 Å². The second-order valence-corrected chi connectivity index (χ2v) is 4.86. The minimum Gasteiger partial charge on any atom is -0.356 e. The van der Waals surface area contributed by atoms with Crippen LogP contribution in [0.4, 0.5) is 8.78 Å². The van der Waals surface area contributed by atoms with Gasteiger partial charge in [0, 0.05) is 24.7 Å². The first-order valence-electron chi connectivity index (χ1n) is 6.52. The number of nitrogens with one attached hydrogen (secondary N) is 2. The van der Waals surface area contributed by atoms with Crippen LogP contribution in [-0.2, 0) is 4.79 Å². The van der Waals surface area contributed by atoms with E-state index in [1.807, 2.05) is 0 Å².